The highest BCUT2D eigenvalue weighted by Crippen LogP contribution is 2.51. The fourth-order valence-corrected chi connectivity index (χ4v) is 8.80. The van der Waals surface area contributed by atoms with Gasteiger partial charge in [0, 0.05) is 32.5 Å². The van der Waals surface area contributed by atoms with Crippen LogP contribution in [0.1, 0.15) is 25.0 Å². The van der Waals surface area contributed by atoms with Gasteiger partial charge in [0.25, 0.3) is 0 Å². The lowest BCUT2D eigenvalue weighted by Gasteiger charge is -2.21. The van der Waals surface area contributed by atoms with Gasteiger partial charge in [0.1, 0.15) is 17.0 Å². The number of nitrogens with zero attached hydrogens (tertiary/aromatic N) is 2. The van der Waals surface area contributed by atoms with Gasteiger partial charge in [-0.15, -0.1) is 0 Å². The average Bonchev–Trinajstić information content (AvgIpc) is 3.83. The third-order valence-corrected chi connectivity index (χ3v) is 11.4. The summed E-state index contributed by atoms with van der Waals surface area (Å²) in [5.74, 6) is 0.868. The van der Waals surface area contributed by atoms with Crippen LogP contribution in [0.4, 0.5) is 0 Å². The Kier molecular flexibility index (Phi) is 6.30. The van der Waals surface area contributed by atoms with Crippen LogP contribution in [-0.4, -0.2) is 9.55 Å². The number of hydrogen-bond donors (Lipinski definition) is 0. The van der Waals surface area contributed by atoms with Crippen molar-refractivity contribution in [3.63, 3.8) is 0 Å². The van der Waals surface area contributed by atoms with Crippen molar-refractivity contribution >= 4 is 43.7 Å². The van der Waals surface area contributed by atoms with Crippen LogP contribution in [-0.2, 0) is 5.41 Å². The molecule has 0 spiro atoms. The Morgan fingerprint density at radius 1 is 0.453 bits per heavy atom. The molecule has 0 N–H and O–H groups in total. The zero-order chi connectivity index (χ0) is 35.3. The minimum absolute atomic E-state index is 0.0936. The Hall–Kier alpha value is -6.71. The Morgan fingerprint density at radius 3 is 2.02 bits per heavy atom. The van der Waals surface area contributed by atoms with Gasteiger partial charge in [-0.1, -0.05) is 135 Å². The highest BCUT2D eigenvalue weighted by atomic mass is 16.3. The number of aromatic nitrogens is 2. The highest BCUT2D eigenvalue weighted by Gasteiger charge is 2.36. The van der Waals surface area contributed by atoms with Crippen LogP contribution >= 0.6 is 0 Å². The van der Waals surface area contributed by atoms with Crippen LogP contribution in [0.5, 0.6) is 0 Å². The van der Waals surface area contributed by atoms with Crippen molar-refractivity contribution in [2.24, 2.45) is 0 Å². The zero-order valence-corrected chi connectivity index (χ0v) is 29.5. The van der Waals surface area contributed by atoms with Gasteiger partial charge in [-0.05, 0) is 93.0 Å². The number of furan rings is 1. The molecule has 0 radical (unpaired) electrons. The second kappa shape index (κ2) is 11.1. The van der Waals surface area contributed by atoms with Crippen molar-refractivity contribution in [1.82, 2.24) is 9.55 Å². The van der Waals surface area contributed by atoms with Crippen LogP contribution in [0.25, 0.3) is 94.2 Å². The molecule has 0 amide bonds. The number of fused-ring (bicyclic) bond motifs is 9. The van der Waals surface area contributed by atoms with E-state index in [9.17, 15) is 0 Å². The van der Waals surface area contributed by atoms with Crippen molar-refractivity contribution < 1.29 is 4.42 Å². The molecule has 0 atom stereocenters. The van der Waals surface area contributed by atoms with Crippen LogP contribution in [0, 0.1) is 0 Å². The summed E-state index contributed by atoms with van der Waals surface area (Å²) in [6.07, 6.45) is 0. The maximum absolute atomic E-state index is 6.59. The summed E-state index contributed by atoms with van der Waals surface area (Å²) < 4.78 is 8.95. The highest BCUT2D eigenvalue weighted by molar-refractivity contribution is 6.12. The lowest BCUT2D eigenvalue weighted by atomic mass is 9.82. The van der Waals surface area contributed by atoms with Crippen molar-refractivity contribution in [2.45, 2.75) is 19.3 Å². The van der Waals surface area contributed by atoms with E-state index >= 15 is 0 Å². The molecular formula is C50H34N2O. The van der Waals surface area contributed by atoms with E-state index in [1.807, 2.05) is 12.1 Å². The molecule has 53 heavy (non-hydrogen) atoms. The molecule has 0 fully saturated rings. The maximum Gasteiger partial charge on any atom is 0.144 e. The van der Waals surface area contributed by atoms with Crippen molar-refractivity contribution in [1.29, 1.82) is 0 Å². The van der Waals surface area contributed by atoms with Crippen molar-refractivity contribution in [3.05, 3.63) is 181 Å². The monoisotopic (exact) mass is 678 g/mol. The molecular weight excluding hydrogens is 645 g/mol. The molecule has 0 aliphatic heterocycles. The normalized spacial score (nSPS) is 13.2. The molecule has 0 bridgehead atoms. The Bertz CT molecular complexity index is 3090. The second-order valence-electron chi connectivity index (χ2n) is 14.8. The average molecular weight is 679 g/mol. The van der Waals surface area contributed by atoms with Gasteiger partial charge in [0.05, 0.1) is 16.7 Å². The number of para-hydroxylation sites is 3. The molecule has 3 heteroatoms. The first-order chi connectivity index (χ1) is 26.0. The lowest BCUT2D eigenvalue weighted by Crippen LogP contribution is -2.14. The van der Waals surface area contributed by atoms with E-state index in [4.69, 9.17) is 9.40 Å². The first kappa shape index (κ1) is 30.0. The zero-order valence-electron chi connectivity index (χ0n) is 29.5. The Labute approximate surface area is 307 Å². The molecule has 0 unspecified atom stereocenters. The van der Waals surface area contributed by atoms with E-state index in [1.54, 1.807) is 0 Å². The smallest absolute Gasteiger partial charge is 0.144 e. The predicted molar refractivity (Wildman–Crippen MR) is 220 cm³/mol. The maximum atomic E-state index is 6.59. The summed E-state index contributed by atoms with van der Waals surface area (Å²) in [5, 5.41) is 4.65. The van der Waals surface area contributed by atoms with E-state index in [1.165, 1.54) is 44.2 Å². The fraction of sp³-hybridized carbons (Fsp3) is 0.0600. The SMILES string of the molecule is CC1(C)c2ccccc2-c2cc3c(cc21)c1ccccc1n3-c1cc(-c2cccc(-c3ccccc3)c2)cc(-c2cccc3c2oc2ccccc23)n1. The number of pyridine rings is 1. The fourth-order valence-electron chi connectivity index (χ4n) is 8.80. The molecule has 3 heterocycles. The van der Waals surface area contributed by atoms with Gasteiger partial charge >= 0.3 is 0 Å². The van der Waals surface area contributed by atoms with E-state index in [2.05, 4.69) is 176 Å². The Morgan fingerprint density at radius 2 is 1.13 bits per heavy atom. The molecule has 0 saturated carbocycles. The third kappa shape index (κ3) is 4.44. The first-order valence-electron chi connectivity index (χ1n) is 18.3. The summed E-state index contributed by atoms with van der Waals surface area (Å²) in [6.45, 7) is 4.70. The minimum atomic E-state index is -0.0936. The topological polar surface area (TPSA) is 31.0 Å². The first-order valence-corrected chi connectivity index (χ1v) is 18.3. The molecule has 10 aromatic rings. The molecule has 250 valence electrons. The van der Waals surface area contributed by atoms with Gasteiger partial charge < -0.3 is 4.42 Å². The van der Waals surface area contributed by atoms with Crippen LogP contribution in [0.2, 0.25) is 0 Å². The quantitative estimate of drug-likeness (QED) is 0.185. The van der Waals surface area contributed by atoms with Crippen molar-refractivity contribution in [2.75, 3.05) is 0 Å². The van der Waals surface area contributed by atoms with Gasteiger partial charge in [-0.2, -0.15) is 0 Å². The molecule has 11 rings (SSSR count). The van der Waals surface area contributed by atoms with Gasteiger partial charge in [-0.3, -0.25) is 4.57 Å². The summed E-state index contributed by atoms with van der Waals surface area (Å²) in [5.41, 5.74) is 15.7. The third-order valence-electron chi connectivity index (χ3n) is 11.4. The molecule has 3 nitrogen and oxygen atoms in total. The van der Waals surface area contributed by atoms with Crippen molar-refractivity contribution in [3.8, 4) is 50.5 Å². The van der Waals surface area contributed by atoms with E-state index in [0.717, 1.165) is 61.2 Å². The van der Waals surface area contributed by atoms with Crippen LogP contribution in [0.15, 0.2) is 174 Å². The van der Waals surface area contributed by atoms with E-state index in [-0.39, 0.29) is 5.41 Å². The second-order valence-corrected chi connectivity index (χ2v) is 14.8. The number of hydrogen-bond acceptors (Lipinski definition) is 2. The minimum Gasteiger partial charge on any atom is -0.455 e. The molecule has 3 aromatic heterocycles. The molecule has 1 aliphatic carbocycles. The van der Waals surface area contributed by atoms with Gasteiger partial charge in [-0.25, -0.2) is 4.98 Å². The predicted octanol–water partition coefficient (Wildman–Crippen LogP) is 13.4. The molecule has 1 aliphatic rings. The Balaban J connectivity index is 1.21. The summed E-state index contributed by atoms with van der Waals surface area (Å²) in [4.78, 5) is 5.54. The van der Waals surface area contributed by atoms with E-state index < -0.39 is 0 Å². The molecule has 0 saturated heterocycles. The standard InChI is InChI=1S/C50H34N2O/c1-50(2)42-23-9-6-18-35(42)40-30-46-41(29-43(40)50)36-19-7-10-24-45(36)52(46)48-28-34(33-17-12-16-32(26-33)31-14-4-3-5-15-31)27-44(51-48)39-22-13-21-38-37-20-8-11-25-47(37)53-49(38)39/h3-30H,1-2H3. The summed E-state index contributed by atoms with van der Waals surface area (Å²) in [7, 11) is 0. The summed E-state index contributed by atoms with van der Waals surface area (Å²) in [6, 6.07) is 61.0. The number of rotatable bonds is 4. The number of benzene rings is 7. The van der Waals surface area contributed by atoms with Gasteiger partial charge in [0.2, 0.25) is 0 Å². The van der Waals surface area contributed by atoms with Crippen LogP contribution in [0.3, 0.4) is 0 Å². The lowest BCUT2D eigenvalue weighted by molar-refractivity contribution is 0.661. The van der Waals surface area contributed by atoms with Crippen LogP contribution < -0.4 is 0 Å². The molecule has 7 aromatic carbocycles. The van der Waals surface area contributed by atoms with Gasteiger partial charge in [0.15, 0.2) is 0 Å². The summed E-state index contributed by atoms with van der Waals surface area (Å²) >= 11 is 0. The largest absolute Gasteiger partial charge is 0.455 e. The van der Waals surface area contributed by atoms with E-state index in [0.29, 0.717) is 0 Å².